The first-order valence-corrected chi connectivity index (χ1v) is 10.6. The van der Waals surface area contributed by atoms with E-state index in [4.69, 9.17) is 21.1 Å². The minimum atomic E-state index is -1.78. The van der Waals surface area contributed by atoms with Crippen molar-refractivity contribution < 1.29 is 48.9 Å². The monoisotopic (exact) mass is 478 g/mol. The molecule has 0 radical (unpaired) electrons. The van der Waals surface area contributed by atoms with Crippen molar-refractivity contribution in [2.75, 3.05) is 12.0 Å². The summed E-state index contributed by atoms with van der Waals surface area (Å²) in [7, 11) is 0. The zero-order chi connectivity index (χ0) is 24.8. The number of carboxylic acid groups (broad SMARTS) is 3. The van der Waals surface area contributed by atoms with E-state index in [1.165, 1.54) is 11.8 Å². The maximum absolute atomic E-state index is 12.5. The Hall–Kier alpha value is -3.20. The first kappa shape index (κ1) is 28.8. The Balaban J connectivity index is 5.42. The number of aldehydes is 1. The van der Waals surface area contributed by atoms with Crippen molar-refractivity contribution >= 4 is 53.7 Å². The molecule has 0 aromatic rings. The van der Waals surface area contributed by atoms with E-state index in [1.54, 1.807) is 6.26 Å². The van der Waals surface area contributed by atoms with E-state index >= 15 is 0 Å². The van der Waals surface area contributed by atoms with Crippen LogP contribution in [0.1, 0.15) is 25.7 Å². The van der Waals surface area contributed by atoms with E-state index in [9.17, 15) is 33.6 Å². The standard InChI is InChI=1S/C17H26N4O10S/c1-32-3-2-8(7-22)19-16(30)10(5-13(25)26)21-17(31)11(6-14(27)28)20-15(29)9(18)4-12(23)24/h7-11H,2-6,18H2,1H3,(H,19,30)(H,20,29)(H,21,31)(H,23,24)(H,25,26)(H,27,28)/t8-,9-,10-,11-/m0/s1. The maximum Gasteiger partial charge on any atom is 0.305 e. The van der Waals surface area contributed by atoms with Crippen LogP contribution >= 0.6 is 11.8 Å². The Morgan fingerprint density at radius 2 is 1.25 bits per heavy atom. The molecule has 0 aliphatic heterocycles. The fourth-order valence-electron chi connectivity index (χ4n) is 2.30. The van der Waals surface area contributed by atoms with Crippen molar-refractivity contribution in [3.63, 3.8) is 0 Å². The first-order valence-electron chi connectivity index (χ1n) is 9.17. The second-order valence-electron chi connectivity index (χ2n) is 6.56. The highest BCUT2D eigenvalue weighted by Crippen LogP contribution is 2.03. The lowest BCUT2D eigenvalue weighted by Crippen LogP contribution is -2.57. The van der Waals surface area contributed by atoms with Gasteiger partial charge in [0.15, 0.2) is 0 Å². The highest BCUT2D eigenvalue weighted by atomic mass is 32.2. The first-order chi connectivity index (χ1) is 14.9. The van der Waals surface area contributed by atoms with Crippen molar-refractivity contribution in [2.45, 2.75) is 49.9 Å². The molecule has 0 bridgehead atoms. The average Bonchev–Trinajstić information content (AvgIpc) is 2.68. The van der Waals surface area contributed by atoms with Gasteiger partial charge in [-0.1, -0.05) is 0 Å². The van der Waals surface area contributed by atoms with Gasteiger partial charge >= 0.3 is 17.9 Å². The van der Waals surface area contributed by atoms with E-state index in [0.29, 0.717) is 12.0 Å². The number of thioether (sulfide) groups is 1. The molecule has 0 aromatic heterocycles. The van der Waals surface area contributed by atoms with Gasteiger partial charge in [0, 0.05) is 0 Å². The Morgan fingerprint density at radius 3 is 1.66 bits per heavy atom. The SMILES string of the molecule is CSCC[C@@H](C=O)NC(=O)[C@H](CC(=O)O)NC(=O)[C@H](CC(=O)O)NC(=O)[C@@H](N)CC(=O)O. The molecule has 0 unspecified atom stereocenters. The molecule has 0 heterocycles. The van der Waals surface area contributed by atoms with Gasteiger partial charge in [-0.2, -0.15) is 11.8 Å². The highest BCUT2D eigenvalue weighted by molar-refractivity contribution is 7.98. The van der Waals surface area contributed by atoms with Crippen molar-refractivity contribution in [2.24, 2.45) is 5.73 Å². The van der Waals surface area contributed by atoms with Crippen LogP contribution in [0, 0.1) is 0 Å². The predicted octanol–water partition coefficient (Wildman–Crippen LogP) is -2.86. The molecular formula is C17H26N4O10S. The Labute approximate surface area is 186 Å². The third kappa shape index (κ3) is 11.8. The van der Waals surface area contributed by atoms with Gasteiger partial charge in [-0.05, 0) is 18.4 Å². The highest BCUT2D eigenvalue weighted by Gasteiger charge is 2.31. The molecule has 4 atom stereocenters. The van der Waals surface area contributed by atoms with Gasteiger partial charge < -0.3 is 41.8 Å². The molecular weight excluding hydrogens is 452 g/mol. The number of rotatable bonds is 16. The number of carbonyl (C=O) groups excluding carboxylic acids is 4. The van der Waals surface area contributed by atoms with Crippen LogP contribution in [-0.4, -0.2) is 93.4 Å². The number of amides is 3. The summed E-state index contributed by atoms with van der Waals surface area (Å²) in [4.78, 5) is 80.8. The van der Waals surface area contributed by atoms with Gasteiger partial charge in [0.1, 0.15) is 18.4 Å². The lowest BCUT2D eigenvalue weighted by molar-refractivity contribution is -0.143. The van der Waals surface area contributed by atoms with Crippen molar-refractivity contribution in [3.05, 3.63) is 0 Å². The minimum absolute atomic E-state index is 0.253. The molecule has 0 saturated carbocycles. The third-order valence-electron chi connectivity index (χ3n) is 3.88. The van der Waals surface area contributed by atoms with Crippen molar-refractivity contribution in [1.82, 2.24) is 16.0 Å². The summed E-state index contributed by atoms with van der Waals surface area (Å²) in [6, 6.07) is -5.98. The predicted molar refractivity (Wildman–Crippen MR) is 110 cm³/mol. The molecule has 0 aliphatic carbocycles. The van der Waals surface area contributed by atoms with Gasteiger partial charge in [0.25, 0.3) is 0 Å². The van der Waals surface area contributed by atoms with E-state index in [0.717, 1.165) is 0 Å². The number of hydrogen-bond acceptors (Lipinski definition) is 9. The molecule has 0 fully saturated rings. The van der Waals surface area contributed by atoms with Crippen LogP contribution in [0.5, 0.6) is 0 Å². The summed E-state index contributed by atoms with van der Waals surface area (Å²) in [6.07, 6.45) is -0.160. The molecule has 0 aliphatic rings. The van der Waals surface area contributed by atoms with Gasteiger partial charge in [-0.15, -0.1) is 0 Å². The number of carboxylic acids is 3. The third-order valence-corrected chi connectivity index (χ3v) is 4.52. The summed E-state index contributed by atoms with van der Waals surface area (Å²) in [6.45, 7) is 0. The zero-order valence-corrected chi connectivity index (χ0v) is 17.9. The van der Waals surface area contributed by atoms with Crippen LogP contribution in [0.25, 0.3) is 0 Å². The Bertz CT molecular complexity index is 732. The lowest BCUT2D eigenvalue weighted by atomic mass is 10.1. The normalized spacial score (nSPS) is 14.2. The Morgan fingerprint density at radius 1 is 0.812 bits per heavy atom. The van der Waals surface area contributed by atoms with E-state index in [1.807, 2.05) is 10.6 Å². The molecule has 0 aromatic carbocycles. The molecule has 180 valence electrons. The molecule has 3 amide bonds. The quantitative estimate of drug-likeness (QED) is 0.111. The number of carbonyl (C=O) groups is 7. The molecule has 0 saturated heterocycles. The van der Waals surface area contributed by atoms with Crippen molar-refractivity contribution in [1.29, 1.82) is 0 Å². The summed E-state index contributed by atoms with van der Waals surface area (Å²) in [5.74, 6) is -7.22. The molecule has 8 N–H and O–H groups in total. The molecule has 15 heteroatoms. The maximum atomic E-state index is 12.5. The molecule has 0 rings (SSSR count). The van der Waals surface area contributed by atoms with Crippen LogP contribution in [0.15, 0.2) is 0 Å². The minimum Gasteiger partial charge on any atom is -0.481 e. The largest absolute Gasteiger partial charge is 0.481 e. The lowest BCUT2D eigenvalue weighted by Gasteiger charge is -2.23. The van der Waals surface area contributed by atoms with Gasteiger partial charge in [-0.3, -0.25) is 28.8 Å². The van der Waals surface area contributed by atoms with Gasteiger partial charge in [0.05, 0.1) is 31.3 Å². The zero-order valence-electron chi connectivity index (χ0n) is 17.1. The van der Waals surface area contributed by atoms with E-state index < -0.39 is 79.1 Å². The number of nitrogens with two attached hydrogens (primary N) is 1. The van der Waals surface area contributed by atoms with E-state index in [-0.39, 0.29) is 6.42 Å². The number of nitrogens with one attached hydrogen (secondary N) is 3. The fourth-order valence-corrected chi connectivity index (χ4v) is 2.79. The molecule has 14 nitrogen and oxygen atoms in total. The summed E-state index contributed by atoms with van der Waals surface area (Å²) in [5, 5.41) is 33.0. The van der Waals surface area contributed by atoms with Crippen LogP contribution in [0.3, 0.4) is 0 Å². The van der Waals surface area contributed by atoms with Crippen LogP contribution < -0.4 is 21.7 Å². The van der Waals surface area contributed by atoms with Gasteiger partial charge in [-0.25, -0.2) is 0 Å². The smallest absolute Gasteiger partial charge is 0.305 e. The second kappa shape index (κ2) is 14.7. The molecule has 32 heavy (non-hydrogen) atoms. The summed E-state index contributed by atoms with van der Waals surface area (Å²) in [5.41, 5.74) is 5.37. The van der Waals surface area contributed by atoms with Crippen LogP contribution in [0.2, 0.25) is 0 Å². The summed E-state index contributed by atoms with van der Waals surface area (Å²) < 4.78 is 0. The number of hydrogen-bond donors (Lipinski definition) is 7. The summed E-state index contributed by atoms with van der Waals surface area (Å²) >= 11 is 1.41. The topological polar surface area (TPSA) is 242 Å². The van der Waals surface area contributed by atoms with E-state index in [2.05, 4.69) is 5.32 Å². The van der Waals surface area contributed by atoms with Crippen molar-refractivity contribution in [3.8, 4) is 0 Å². The second-order valence-corrected chi connectivity index (χ2v) is 7.54. The van der Waals surface area contributed by atoms with Crippen LogP contribution in [0.4, 0.5) is 0 Å². The fraction of sp³-hybridized carbons (Fsp3) is 0.588. The number of aliphatic carboxylic acids is 3. The molecule has 0 spiro atoms. The Kier molecular flexibility index (Phi) is 13.3. The van der Waals surface area contributed by atoms with Gasteiger partial charge in [0.2, 0.25) is 17.7 Å². The van der Waals surface area contributed by atoms with Crippen LogP contribution in [-0.2, 0) is 33.6 Å². The average molecular weight is 478 g/mol.